The molecule has 0 amide bonds. The molecule has 0 radical (unpaired) electrons. The predicted octanol–water partition coefficient (Wildman–Crippen LogP) is 3.55. The zero-order valence-corrected chi connectivity index (χ0v) is 15.7. The number of nitrogen functional groups attached to an aromatic ring is 1. The van der Waals surface area contributed by atoms with Crippen LogP contribution in [0.15, 0.2) is 57.7 Å². The minimum absolute atomic E-state index is 0.233. The fourth-order valence-corrected chi connectivity index (χ4v) is 3.31. The van der Waals surface area contributed by atoms with Gasteiger partial charge in [-0.3, -0.25) is 0 Å². The molecule has 2 aromatic heterocycles. The van der Waals surface area contributed by atoms with Gasteiger partial charge in [0.2, 0.25) is 0 Å². The van der Waals surface area contributed by atoms with Gasteiger partial charge < -0.3 is 19.6 Å². The van der Waals surface area contributed by atoms with Gasteiger partial charge in [0.15, 0.2) is 11.5 Å². The molecule has 2 aromatic carbocycles. The van der Waals surface area contributed by atoms with Crippen LogP contribution in [0.1, 0.15) is 5.76 Å². The zero-order valence-electron chi connectivity index (χ0n) is 15.7. The van der Waals surface area contributed by atoms with Gasteiger partial charge in [-0.2, -0.15) is 5.10 Å². The largest absolute Gasteiger partial charge is 0.493 e. The highest BCUT2D eigenvalue weighted by atomic mass is 16.5. The molecule has 0 saturated heterocycles. The van der Waals surface area contributed by atoms with Gasteiger partial charge in [-0.1, -0.05) is 24.3 Å². The molecule has 0 bridgehead atoms. The van der Waals surface area contributed by atoms with Crippen molar-refractivity contribution in [2.45, 2.75) is 6.92 Å². The van der Waals surface area contributed by atoms with E-state index in [2.05, 4.69) is 5.10 Å². The summed E-state index contributed by atoms with van der Waals surface area (Å²) in [6.45, 7) is 1.73. The van der Waals surface area contributed by atoms with Crippen LogP contribution in [0.5, 0.6) is 11.5 Å². The number of hydrogen-bond donors (Lipinski definition) is 1. The number of ether oxygens (including phenoxy) is 2. The summed E-state index contributed by atoms with van der Waals surface area (Å²) >= 11 is 0. The van der Waals surface area contributed by atoms with Gasteiger partial charge in [0.25, 0.3) is 0 Å². The molecule has 4 aromatic rings. The molecule has 7 nitrogen and oxygen atoms in total. The predicted molar refractivity (Wildman–Crippen MR) is 107 cm³/mol. The van der Waals surface area contributed by atoms with Gasteiger partial charge in [0.1, 0.15) is 22.5 Å². The molecule has 0 spiro atoms. The van der Waals surface area contributed by atoms with Crippen molar-refractivity contribution in [3.63, 3.8) is 0 Å². The fourth-order valence-electron chi connectivity index (χ4n) is 3.31. The highest BCUT2D eigenvalue weighted by Crippen LogP contribution is 2.37. The molecule has 4 rings (SSSR count). The Balaban J connectivity index is 2.04. The van der Waals surface area contributed by atoms with Crippen molar-refractivity contribution in [2.75, 3.05) is 20.0 Å². The van der Waals surface area contributed by atoms with Crippen molar-refractivity contribution in [3.8, 4) is 28.3 Å². The highest BCUT2D eigenvalue weighted by molar-refractivity contribution is 5.99. The number of fused-ring (bicyclic) bond motifs is 1. The van der Waals surface area contributed by atoms with E-state index < -0.39 is 5.63 Å². The van der Waals surface area contributed by atoms with Crippen LogP contribution in [0, 0.1) is 6.92 Å². The van der Waals surface area contributed by atoms with Crippen LogP contribution in [-0.4, -0.2) is 24.0 Å². The van der Waals surface area contributed by atoms with E-state index in [0.717, 1.165) is 11.3 Å². The molecule has 7 heteroatoms. The number of aromatic nitrogens is 2. The third kappa shape index (κ3) is 2.68. The van der Waals surface area contributed by atoms with E-state index in [1.807, 2.05) is 42.5 Å². The third-order valence-electron chi connectivity index (χ3n) is 4.63. The van der Waals surface area contributed by atoms with Crippen molar-refractivity contribution < 1.29 is 13.9 Å². The van der Waals surface area contributed by atoms with Crippen LogP contribution in [0.3, 0.4) is 0 Å². The first-order chi connectivity index (χ1) is 13.5. The Morgan fingerprint density at radius 3 is 2.43 bits per heavy atom. The van der Waals surface area contributed by atoms with Gasteiger partial charge in [0, 0.05) is 5.56 Å². The maximum atomic E-state index is 12.5. The summed E-state index contributed by atoms with van der Waals surface area (Å²) in [5.41, 5.74) is 8.44. The quantitative estimate of drug-likeness (QED) is 0.585. The molecule has 0 saturated carbocycles. The number of nitrogens with zero attached hydrogens (tertiary/aromatic N) is 2. The van der Waals surface area contributed by atoms with Crippen molar-refractivity contribution in [1.29, 1.82) is 0 Å². The number of hydrogen-bond acceptors (Lipinski definition) is 6. The summed E-state index contributed by atoms with van der Waals surface area (Å²) in [6, 6.07) is 14.9. The van der Waals surface area contributed by atoms with Crippen molar-refractivity contribution >= 4 is 16.7 Å². The number of aryl methyl sites for hydroxylation is 1. The van der Waals surface area contributed by atoms with Crippen LogP contribution >= 0.6 is 0 Å². The van der Waals surface area contributed by atoms with E-state index in [9.17, 15) is 4.79 Å². The van der Waals surface area contributed by atoms with Crippen molar-refractivity contribution in [3.05, 3.63) is 64.7 Å². The van der Waals surface area contributed by atoms with E-state index in [-0.39, 0.29) is 11.2 Å². The normalized spacial score (nSPS) is 11.0. The molecule has 0 unspecified atom stereocenters. The summed E-state index contributed by atoms with van der Waals surface area (Å²) in [5, 5.41) is 4.89. The molecule has 2 N–H and O–H groups in total. The monoisotopic (exact) mass is 377 g/mol. The number of rotatable bonds is 4. The average Bonchev–Trinajstić information content (AvgIpc) is 3.05. The number of para-hydroxylation sites is 1. The Hall–Kier alpha value is -3.74. The first-order valence-corrected chi connectivity index (χ1v) is 8.65. The van der Waals surface area contributed by atoms with Crippen LogP contribution in [-0.2, 0) is 0 Å². The molecule has 142 valence electrons. The second-order valence-corrected chi connectivity index (χ2v) is 6.25. The maximum absolute atomic E-state index is 12.5. The minimum atomic E-state index is -0.517. The van der Waals surface area contributed by atoms with Gasteiger partial charge in [-0.15, -0.1) is 0 Å². The average molecular weight is 377 g/mol. The second-order valence-electron chi connectivity index (χ2n) is 6.25. The highest BCUT2D eigenvalue weighted by Gasteiger charge is 2.22. The van der Waals surface area contributed by atoms with Crippen molar-refractivity contribution in [1.82, 2.24) is 9.78 Å². The van der Waals surface area contributed by atoms with Crippen LogP contribution in [0.25, 0.3) is 27.7 Å². The van der Waals surface area contributed by atoms with E-state index in [1.54, 1.807) is 31.9 Å². The smallest absolute Gasteiger partial charge is 0.349 e. The molecule has 0 atom stereocenters. The van der Waals surface area contributed by atoms with E-state index in [1.165, 1.54) is 0 Å². The number of methoxy groups -OCH3 is 2. The summed E-state index contributed by atoms with van der Waals surface area (Å²) in [4.78, 5) is 12.5. The number of nitrogens with two attached hydrogens (primary N) is 1. The molecule has 28 heavy (non-hydrogen) atoms. The summed E-state index contributed by atoms with van der Waals surface area (Å²) in [5.74, 6) is 1.85. The topological polar surface area (TPSA) is 92.5 Å². The standard InChI is InChI=1S/C21H19N3O4/c1-12-17(13-9-10-15(26-2)16(11-13)27-3)19-18(21(25)28-12)20(22)24(23-19)14-7-5-4-6-8-14/h4-11H,22H2,1-3H3. The van der Waals surface area contributed by atoms with Gasteiger partial charge in [-0.05, 0) is 36.8 Å². The molecule has 0 aliphatic rings. The van der Waals surface area contributed by atoms with E-state index in [0.29, 0.717) is 28.3 Å². The molecular weight excluding hydrogens is 358 g/mol. The lowest BCUT2D eigenvalue weighted by atomic mass is 10.0. The van der Waals surface area contributed by atoms with Crippen LogP contribution < -0.4 is 20.8 Å². The van der Waals surface area contributed by atoms with Crippen LogP contribution in [0.2, 0.25) is 0 Å². The first-order valence-electron chi connectivity index (χ1n) is 8.65. The Bertz CT molecular complexity index is 1230. The summed E-state index contributed by atoms with van der Waals surface area (Å²) in [6.07, 6.45) is 0. The lowest BCUT2D eigenvalue weighted by molar-refractivity contribution is 0.355. The molecular formula is C21H19N3O4. The zero-order chi connectivity index (χ0) is 19.8. The number of anilines is 1. The SMILES string of the molecule is COc1ccc(-c2c(C)oc(=O)c3c(N)n(-c4ccccc4)nc23)cc1OC. The number of benzene rings is 2. The maximum Gasteiger partial charge on any atom is 0.349 e. The Kier molecular flexibility index (Phi) is 4.27. The van der Waals surface area contributed by atoms with Crippen molar-refractivity contribution in [2.24, 2.45) is 0 Å². The minimum Gasteiger partial charge on any atom is -0.493 e. The third-order valence-corrected chi connectivity index (χ3v) is 4.63. The molecule has 2 heterocycles. The molecule has 0 fully saturated rings. The fraction of sp³-hybridized carbons (Fsp3) is 0.143. The second kappa shape index (κ2) is 6.77. The Labute approximate surface area is 160 Å². The van der Waals surface area contributed by atoms with Gasteiger partial charge >= 0.3 is 5.63 Å². The van der Waals surface area contributed by atoms with E-state index in [4.69, 9.17) is 19.6 Å². The Morgan fingerprint density at radius 1 is 1.04 bits per heavy atom. The molecule has 0 aliphatic heterocycles. The Morgan fingerprint density at radius 2 is 1.75 bits per heavy atom. The van der Waals surface area contributed by atoms with E-state index >= 15 is 0 Å². The van der Waals surface area contributed by atoms with Gasteiger partial charge in [0.05, 0.1) is 19.9 Å². The summed E-state index contributed by atoms with van der Waals surface area (Å²) < 4.78 is 17.7. The van der Waals surface area contributed by atoms with Crippen LogP contribution in [0.4, 0.5) is 5.82 Å². The lowest BCUT2D eigenvalue weighted by Crippen LogP contribution is -2.05. The summed E-state index contributed by atoms with van der Waals surface area (Å²) in [7, 11) is 3.14. The van der Waals surface area contributed by atoms with Gasteiger partial charge in [-0.25, -0.2) is 9.48 Å². The lowest BCUT2D eigenvalue weighted by Gasteiger charge is -2.11. The molecule has 0 aliphatic carbocycles. The first kappa shape index (κ1) is 17.7.